The summed E-state index contributed by atoms with van der Waals surface area (Å²) in [7, 11) is 0. The van der Waals surface area contributed by atoms with Gasteiger partial charge in [0.05, 0.1) is 21.1 Å². The second kappa shape index (κ2) is 10.3. The van der Waals surface area contributed by atoms with Crippen LogP contribution in [0.5, 0.6) is 0 Å². The quantitative estimate of drug-likeness (QED) is 0.284. The minimum atomic E-state index is -0.235. The summed E-state index contributed by atoms with van der Waals surface area (Å²) in [5, 5.41) is 3.33. The number of carbonyl (C=O) groups is 1. The molecule has 0 saturated heterocycles. The number of thiophene rings is 1. The van der Waals surface area contributed by atoms with Gasteiger partial charge in [-0.3, -0.25) is 9.78 Å². The SMILES string of the molecule is CCCC(NC(=O)c1sc2c(-c3c(C)cc(F)cc3C)ccnc2c1C(C)C)c1ccccc1C. The molecule has 0 bridgehead atoms. The van der Waals surface area contributed by atoms with Crippen LogP contribution in [0.15, 0.2) is 48.7 Å². The first-order valence-corrected chi connectivity index (χ1v) is 13.1. The fraction of sp³-hybridized carbons (Fsp3) is 0.333. The summed E-state index contributed by atoms with van der Waals surface area (Å²) in [6, 6.07) is 13.3. The number of hydrogen-bond acceptors (Lipinski definition) is 3. The number of carbonyl (C=O) groups excluding carboxylic acids is 1. The molecule has 4 aromatic rings. The lowest BCUT2D eigenvalue weighted by molar-refractivity contribution is 0.0937. The third-order valence-corrected chi connectivity index (χ3v) is 7.83. The van der Waals surface area contributed by atoms with Crippen LogP contribution in [0, 0.1) is 26.6 Å². The second-order valence-corrected chi connectivity index (χ2v) is 10.6. The van der Waals surface area contributed by atoms with Gasteiger partial charge >= 0.3 is 0 Å². The fourth-order valence-electron chi connectivity index (χ4n) is 5.04. The summed E-state index contributed by atoms with van der Waals surface area (Å²) in [6.07, 6.45) is 3.64. The first kappa shape index (κ1) is 25.1. The zero-order valence-corrected chi connectivity index (χ0v) is 22.1. The van der Waals surface area contributed by atoms with Gasteiger partial charge in [-0.2, -0.15) is 0 Å². The molecular formula is C30H33FN2OS. The molecule has 4 rings (SSSR count). The molecule has 1 atom stereocenters. The Bertz CT molecular complexity index is 1370. The number of fused-ring (bicyclic) bond motifs is 1. The Morgan fingerprint density at radius 3 is 2.37 bits per heavy atom. The molecule has 182 valence electrons. The lowest BCUT2D eigenvalue weighted by atomic mass is 9.94. The minimum Gasteiger partial charge on any atom is -0.345 e. The highest BCUT2D eigenvalue weighted by Crippen LogP contribution is 2.42. The normalized spacial score (nSPS) is 12.3. The molecule has 1 amide bonds. The van der Waals surface area contributed by atoms with Crippen LogP contribution in [0.3, 0.4) is 0 Å². The molecule has 0 fully saturated rings. The van der Waals surface area contributed by atoms with Crippen LogP contribution in [0.2, 0.25) is 0 Å². The van der Waals surface area contributed by atoms with Crippen molar-refractivity contribution >= 4 is 27.5 Å². The Morgan fingerprint density at radius 1 is 1.06 bits per heavy atom. The number of nitrogens with one attached hydrogen (secondary N) is 1. The van der Waals surface area contributed by atoms with E-state index >= 15 is 0 Å². The van der Waals surface area contributed by atoms with E-state index in [-0.39, 0.29) is 23.7 Å². The van der Waals surface area contributed by atoms with Crippen molar-refractivity contribution in [1.82, 2.24) is 10.3 Å². The van der Waals surface area contributed by atoms with Gasteiger partial charge in [0.15, 0.2) is 0 Å². The third-order valence-electron chi connectivity index (χ3n) is 6.61. The highest BCUT2D eigenvalue weighted by Gasteiger charge is 2.26. The Morgan fingerprint density at radius 2 is 1.74 bits per heavy atom. The van der Waals surface area contributed by atoms with Gasteiger partial charge in [0.1, 0.15) is 5.82 Å². The van der Waals surface area contributed by atoms with E-state index in [0.29, 0.717) is 4.88 Å². The molecule has 0 radical (unpaired) electrons. The zero-order chi connectivity index (χ0) is 25.3. The van der Waals surface area contributed by atoms with Crippen molar-refractivity contribution < 1.29 is 9.18 Å². The van der Waals surface area contributed by atoms with Gasteiger partial charge in [-0.15, -0.1) is 11.3 Å². The van der Waals surface area contributed by atoms with Crippen molar-refractivity contribution in [1.29, 1.82) is 0 Å². The average molecular weight is 489 g/mol. The van der Waals surface area contributed by atoms with E-state index in [1.54, 1.807) is 18.3 Å². The minimum absolute atomic E-state index is 0.0482. The van der Waals surface area contributed by atoms with Crippen LogP contribution >= 0.6 is 11.3 Å². The standard InChI is InChI=1S/C30H33FN2OS/c1-7-10-24(22-12-9-8-11-18(22)4)33-30(34)29-25(17(2)3)27-28(35-29)23(13-14-32-27)26-19(5)15-21(31)16-20(26)6/h8-9,11-17,24H,7,10H2,1-6H3,(H,33,34). The molecule has 35 heavy (non-hydrogen) atoms. The Hall–Kier alpha value is -3.05. The maximum absolute atomic E-state index is 14.0. The van der Waals surface area contributed by atoms with E-state index in [9.17, 15) is 9.18 Å². The third kappa shape index (κ3) is 4.87. The van der Waals surface area contributed by atoms with Crippen molar-refractivity contribution in [3.8, 4) is 11.1 Å². The lowest BCUT2D eigenvalue weighted by Gasteiger charge is -2.21. The van der Waals surface area contributed by atoms with Gasteiger partial charge in [0, 0.05) is 17.3 Å². The molecule has 0 saturated carbocycles. The van der Waals surface area contributed by atoms with E-state index in [0.717, 1.165) is 56.4 Å². The Labute approximate surface area is 211 Å². The van der Waals surface area contributed by atoms with Crippen LogP contribution in [-0.2, 0) is 0 Å². The molecule has 1 N–H and O–H groups in total. The second-order valence-electron chi connectivity index (χ2n) is 9.62. The molecular weight excluding hydrogens is 455 g/mol. The number of amides is 1. The predicted molar refractivity (Wildman–Crippen MR) is 145 cm³/mol. The molecule has 0 aliphatic rings. The highest BCUT2D eigenvalue weighted by molar-refractivity contribution is 7.21. The summed E-state index contributed by atoms with van der Waals surface area (Å²) >= 11 is 1.49. The number of halogens is 1. The molecule has 2 heterocycles. The molecule has 0 aliphatic carbocycles. The van der Waals surface area contributed by atoms with E-state index in [1.165, 1.54) is 16.9 Å². The largest absolute Gasteiger partial charge is 0.345 e. The van der Waals surface area contributed by atoms with Crippen LogP contribution in [-0.4, -0.2) is 10.9 Å². The zero-order valence-electron chi connectivity index (χ0n) is 21.3. The number of benzene rings is 2. The maximum atomic E-state index is 14.0. The number of pyridine rings is 1. The molecule has 0 spiro atoms. The Kier molecular flexibility index (Phi) is 7.36. The van der Waals surface area contributed by atoms with E-state index in [1.807, 2.05) is 32.0 Å². The predicted octanol–water partition coefficient (Wildman–Crippen LogP) is 8.42. The highest BCUT2D eigenvalue weighted by atomic mass is 32.1. The van der Waals surface area contributed by atoms with Gasteiger partial charge in [-0.05, 0) is 79.1 Å². The number of rotatable bonds is 7. The summed E-state index contributed by atoms with van der Waals surface area (Å²) < 4.78 is 15.0. The summed E-state index contributed by atoms with van der Waals surface area (Å²) in [4.78, 5) is 19.2. The fourth-order valence-corrected chi connectivity index (χ4v) is 6.38. The van der Waals surface area contributed by atoms with Crippen LogP contribution in [0.1, 0.15) is 83.1 Å². The number of aromatic nitrogens is 1. The summed E-state index contributed by atoms with van der Waals surface area (Å²) in [5.74, 6) is -0.163. The topological polar surface area (TPSA) is 42.0 Å². The summed E-state index contributed by atoms with van der Waals surface area (Å²) in [6.45, 7) is 12.3. The van der Waals surface area contributed by atoms with Gasteiger partial charge in [-0.1, -0.05) is 51.5 Å². The molecule has 5 heteroatoms. The van der Waals surface area contributed by atoms with Crippen molar-refractivity contribution in [3.05, 3.63) is 87.2 Å². The number of hydrogen-bond donors (Lipinski definition) is 1. The number of aryl methyl sites for hydroxylation is 3. The van der Waals surface area contributed by atoms with Crippen molar-refractivity contribution in [2.24, 2.45) is 0 Å². The van der Waals surface area contributed by atoms with Crippen molar-refractivity contribution in [2.45, 2.75) is 66.3 Å². The smallest absolute Gasteiger partial charge is 0.262 e. The molecule has 1 unspecified atom stereocenters. The first-order valence-electron chi connectivity index (χ1n) is 12.3. The van der Waals surface area contributed by atoms with Gasteiger partial charge in [-0.25, -0.2) is 4.39 Å². The number of nitrogens with zero attached hydrogens (tertiary/aromatic N) is 1. The maximum Gasteiger partial charge on any atom is 0.262 e. The monoisotopic (exact) mass is 488 g/mol. The van der Waals surface area contributed by atoms with Crippen molar-refractivity contribution in [3.63, 3.8) is 0 Å². The van der Waals surface area contributed by atoms with Gasteiger partial charge in [0.25, 0.3) is 5.91 Å². The molecule has 3 nitrogen and oxygen atoms in total. The van der Waals surface area contributed by atoms with E-state index < -0.39 is 0 Å². The van der Waals surface area contributed by atoms with Crippen LogP contribution < -0.4 is 5.32 Å². The molecule has 0 aliphatic heterocycles. The molecule has 2 aromatic heterocycles. The average Bonchev–Trinajstić information content (AvgIpc) is 3.19. The lowest BCUT2D eigenvalue weighted by Crippen LogP contribution is -2.29. The van der Waals surface area contributed by atoms with Gasteiger partial charge in [0.2, 0.25) is 0 Å². The Balaban J connectivity index is 1.84. The van der Waals surface area contributed by atoms with E-state index in [4.69, 9.17) is 4.98 Å². The van der Waals surface area contributed by atoms with Crippen LogP contribution in [0.25, 0.3) is 21.3 Å². The van der Waals surface area contributed by atoms with Crippen molar-refractivity contribution in [2.75, 3.05) is 0 Å². The van der Waals surface area contributed by atoms with Crippen LogP contribution in [0.4, 0.5) is 4.39 Å². The van der Waals surface area contributed by atoms with Gasteiger partial charge < -0.3 is 5.32 Å². The summed E-state index contributed by atoms with van der Waals surface area (Å²) in [5.41, 5.74) is 7.93. The van der Waals surface area contributed by atoms with E-state index in [2.05, 4.69) is 45.1 Å². The molecule has 2 aromatic carbocycles. The first-order chi connectivity index (χ1) is 16.7.